The molecule has 1 heterocycles. The van der Waals surface area contributed by atoms with Crippen LogP contribution in [-0.4, -0.2) is 49.1 Å². The normalized spacial score (nSPS) is 16.6. The van der Waals surface area contributed by atoms with E-state index in [4.69, 9.17) is 10.5 Å². The maximum atomic E-state index is 13.3. The fourth-order valence-electron chi connectivity index (χ4n) is 4.51. The van der Waals surface area contributed by atoms with Crippen molar-refractivity contribution in [1.82, 2.24) is 5.32 Å². The van der Waals surface area contributed by atoms with E-state index in [2.05, 4.69) is 15.6 Å². The minimum absolute atomic E-state index is 0.0229. The summed E-state index contributed by atoms with van der Waals surface area (Å²) in [4.78, 5) is 43.0. The fraction of sp³-hybridized carbons (Fsp3) is 0.370. The summed E-state index contributed by atoms with van der Waals surface area (Å²) in [5, 5.41) is 14.2. The molecular weight excluding hydrogens is 572 g/mol. The molecule has 0 aliphatic carbocycles. The van der Waals surface area contributed by atoms with Crippen LogP contribution in [0.1, 0.15) is 42.4 Å². The number of nitrogens with two attached hydrogens (primary N) is 1. The third-order valence-corrected chi connectivity index (χ3v) is 6.48. The van der Waals surface area contributed by atoms with E-state index in [1.165, 1.54) is 19.2 Å². The number of hydrogen-bond donors (Lipinski definition) is 3. The van der Waals surface area contributed by atoms with E-state index >= 15 is 0 Å². The molecule has 1 aliphatic rings. The van der Waals surface area contributed by atoms with Gasteiger partial charge in [0.05, 0.1) is 24.1 Å². The molecule has 0 saturated heterocycles. The van der Waals surface area contributed by atoms with Gasteiger partial charge in [0.1, 0.15) is 6.07 Å². The van der Waals surface area contributed by atoms with Gasteiger partial charge in [0.2, 0.25) is 18.0 Å². The summed E-state index contributed by atoms with van der Waals surface area (Å²) in [6.45, 7) is 0. The Morgan fingerprint density at radius 3 is 2.17 bits per heavy atom. The maximum Gasteiger partial charge on any atom is 0.389 e. The van der Waals surface area contributed by atoms with Crippen LogP contribution in [-0.2, 0) is 14.4 Å². The highest BCUT2D eigenvalue weighted by molar-refractivity contribution is 6.20. The number of fused-ring (bicyclic) bond motifs is 1. The zero-order chi connectivity index (χ0) is 31.2. The number of ether oxygens (including phenoxy) is 1. The van der Waals surface area contributed by atoms with Gasteiger partial charge in [0.25, 0.3) is 5.91 Å². The van der Waals surface area contributed by atoms with Gasteiger partial charge >= 0.3 is 12.4 Å². The number of nitrogens with zero attached hydrogens (tertiary/aromatic N) is 2. The van der Waals surface area contributed by atoms with Gasteiger partial charge in [0, 0.05) is 35.8 Å². The van der Waals surface area contributed by atoms with Crippen LogP contribution in [0, 0.1) is 23.2 Å². The Labute approximate surface area is 235 Å². The van der Waals surface area contributed by atoms with Crippen LogP contribution >= 0.6 is 0 Å². The van der Waals surface area contributed by atoms with Crippen LogP contribution in [0.2, 0.25) is 0 Å². The van der Waals surface area contributed by atoms with Gasteiger partial charge in [-0.2, -0.15) is 31.6 Å². The van der Waals surface area contributed by atoms with E-state index in [0.717, 1.165) is 0 Å². The molecule has 0 fully saturated rings. The van der Waals surface area contributed by atoms with Crippen molar-refractivity contribution in [1.29, 1.82) is 5.26 Å². The predicted molar refractivity (Wildman–Crippen MR) is 137 cm³/mol. The Morgan fingerprint density at radius 1 is 1.05 bits per heavy atom. The molecule has 9 nitrogen and oxygen atoms in total. The van der Waals surface area contributed by atoms with Gasteiger partial charge in [-0.05, 0) is 25.0 Å². The molecule has 224 valence electrons. The van der Waals surface area contributed by atoms with E-state index in [1.54, 1.807) is 30.3 Å². The topological polar surface area (TPSA) is 147 Å². The van der Waals surface area contributed by atoms with Crippen LogP contribution < -0.4 is 21.1 Å². The van der Waals surface area contributed by atoms with E-state index in [-0.39, 0.29) is 28.3 Å². The number of benzene rings is 2. The zero-order valence-corrected chi connectivity index (χ0v) is 22.0. The highest BCUT2D eigenvalue weighted by atomic mass is 19.4. The molecule has 0 saturated carbocycles. The zero-order valence-electron chi connectivity index (χ0n) is 22.0. The van der Waals surface area contributed by atoms with Crippen molar-refractivity contribution in [3.05, 3.63) is 59.2 Å². The Hall–Kier alpha value is -4.61. The van der Waals surface area contributed by atoms with Crippen molar-refractivity contribution in [3.63, 3.8) is 0 Å². The number of hydrogen-bond acceptors (Lipinski definition) is 6. The smallest absolute Gasteiger partial charge is 0.389 e. The molecule has 1 unspecified atom stereocenters. The number of nitrogens with one attached hydrogen (secondary N) is 2. The summed E-state index contributed by atoms with van der Waals surface area (Å²) in [7, 11) is 1.25. The molecule has 0 spiro atoms. The number of anilines is 1. The first kappa shape index (κ1) is 31.9. The number of primary amides is 1. The van der Waals surface area contributed by atoms with Crippen molar-refractivity contribution in [2.75, 3.05) is 12.4 Å². The SMILES string of the molecule is COc1c(C#N)ccc2c1NC(=O)C(NC(=O)[C@H](CCC(F)(F)F)[C@H](CCC(F)(F)F)C(N)=O)N=C2c1ccccc1. The average molecular weight is 598 g/mol. The second-order valence-electron chi connectivity index (χ2n) is 9.35. The second kappa shape index (κ2) is 12.9. The lowest BCUT2D eigenvalue weighted by Gasteiger charge is -2.26. The molecule has 0 bridgehead atoms. The molecule has 2 aromatic carbocycles. The first-order chi connectivity index (χ1) is 19.6. The van der Waals surface area contributed by atoms with Crippen LogP contribution in [0.4, 0.5) is 32.0 Å². The highest BCUT2D eigenvalue weighted by Gasteiger charge is 2.40. The van der Waals surface area contributed by atoms with Crippen molar-refractivity contribution < 1.29 is 45.5 Å². The molecule has 2 aromatic rings. The number of benzodiazepines with no additional fused rings is 1. The third-order valence-electron chi connectivity index (χ3n) is 6.48. The number of nitriles is 1. The lowest BCUT2D eigenvalue weighted by molar-refractivity contribution is -0.152. The minimum Gasteiger partial charge on any atom is -0.493 e. The van der Waals surface area contributed by atoms with Crippen molar-refractivity contribution in [2.24, 2.45) is 22.6 Å². The van der Waals surface area contributed by atoms with Gasteiger partial charge in [-0.3, -0.25) is 14.4 Å². The number of halogens is 6. The van der Waals surface area contributed by atoms with Gasteiger partial charge in [0.15, 0.2) is 5.75 Å². The molecule has 1 aliphatic heterocycles. The Bertz CT molecular complexity index is 1400. The number of carbonyl (C=O) groups excluding carboxylic acids is 3. The largest absolute Gasteiger partial charge is 0.493 e. The average Bonchev–Trinajstić information content (AvgIpc) is 3.04. The minimum atomic E-state index is -4.81. The highest BCUT2D eigenvalue weighted by Crippen LogP contribution is 2.36. The van der Waals surface area contributed by atoms with Crippen molar-refractivity contribution in [2.45, 2.75) is 44.2 Å². The van der Waals surface area contributed by atoms with Crippen LogP contribution in [0.3, 0.4) is 0 Å². The second-order valence-corrected chi connectivity index (χ2v) is 9.35. The number of aliphatic imine (C=N–C) groups is 1. The molecule has 42 heavy (non-hydrogen) atoms. The molecule has 0 aromatic heterocycles. The molecule has 15 heteroatoms. The summed E-state index contributed by atoms with van der Waals surface area (Å²) >= 11 is 0. The lowest BCUT2D eigenvalue weighted by atomic mass is 9.83. The fourth-order valence-corrected chi connectivity index (χ4v) is 4.51. The first-order valence-corrected chi connectivity index (χ1v) is 12.4. The first-order valence-electron chi connectivity index (χ1n) is 12.4. The van der Waals surface area contributed by atoms with Crippen LogP contribution in [0.25, 0.3) is 0 Å². The summed E-state index contributed by atoms with van der Waals surface area (Å²) in [6.07, 6.45) is -16.7. The summed E-state index contributed by atoms with van der Waals surface area (Å²) in [6, 6.07) is 13.0. The quantitative estimate of drug-likeness (QED) is 0.352. The van der Waals surface area contributed by atoms with E-state index in [1.807, 2.05) is 6.07 Å². The number of alkyl halides is 6. The van der Waals surface area contributed by atoms with Crippen LogP contribution in [0.15, 0.2) is 47.5 Å². The third kappa shape index (κ3) is 7.99. The lowest BCUT2D eigenvalue weighted by Crippen LogP contribution is -2.48. The van der Waals surface area contributed by atoms with Gasteiger partial charge in [-0.25, -0.2) is 4.99 Å². The molecular formula is C27H25F6N5O4. The van der Waals surface area contributed by atoms with Gasteiger partial charge in [-0.15, -0.1) is 0 Å². The predicted octanol–water partition coefficient (Wildman–Crippen LogP) is 4.20. The summed E-state index contributed by atoms with van der Waals surface area (Å²) in [5.41, 5.74) is 6.13. The van der Waals surface area contributed by atoms with E-state index in [9.17, 15) is 46.0 Å². The van der Waals surface area contributed by atoms with Crippen molar-refractivity contribution >= 4 is 29.1 Å². The number of rotatable bonds is 10. The number of methoxy groups -OCH3 is 1. The number of carbonyl (C=O) groups is 3. The van der Waals surface area contributed by atoms with E-state index in [0.29, 0.717) is 5.56 Å². The monoisotopic (exact) mass is 597 g/mol. The molecule has 4 N–H and O–H groups in total. The Balaban J connectivity index is 2.06. The standard InChI is InChI=1S/C27H25F6N5O4/c1-42-21-15(13-34)7-8-18-19(14-5-3-2-4-6-14)36-23(25(41)37-20(18)21)38-24(40)17(10-12-27(31,32)33)16(22(35)39)9-11-26(28,29)30/h2-8,16-17,23H,9-12H2,1H3,(H2,35,39)(H,37,41)(H,38,40)/t16-,17+,23?/m0/s1. The van der Waals surface area contributed by atoms with Gasteiger partial charge in [-0.1, -0.05) is 30.3 Å². The molecule has 3 atom stereocenters. The van der Waals surface area contributed by atoms with Crippen molar-refractivity contribution in [3.8, 4) is 11.8 Å². The summed E-state index contributed by atoms with van der Waals surface area (Å²) < 4.78 is 83.2. The van der Waals surface area contributed by atoms with Gasteiger partial charge < -0.3 is 21.1 Å². The molecule has 3 amide bonds. The van der Waals surface area contributed by atoms with E-state index < -0.39 is 73.8 Å². The molecule has 0 radical (unpaired) electrons. The summed E-state index contributed by atoms with van der Waals surface area (Å²) in [5.74, 6) is -7.62. The molecule has 3 rings (SSSR count). The Morgan fingerprint density at radius 2 is 1.64 bits per heavy atom. The maximum absolute atomic E-state index is 13.3. The Kier molecular flexibility index (Phi) is 9.82. The number of amides is 3. The van der Waals surface area contributed by atoms with Crippen LogP contribution in [0.5, 0.6) is 5.75 Å².